The van der Waals surface area contributed by atoms with Gasteiger partial charge in [-0.3, -0.25) is 18.6 Å². The molecule has 13 nitrogen and oxygen atoms in total. The van der Waals surface area contributed by atoms with Crippen LogP contribution in [0, 0.1) is 0 Å². The number of phosphoric ester groups is 1. The number of carbonyl (C=O) groups is 1. The first-order valence-electron chi connectivity index (χ1n) is 15.5. The Morgan fingerprint density at radius 2 is 1.55 bits per heavy atom. The molecule has 254 valence electrons. The van der Waals surface area contributed by atoms with Crippen LogP contribution in [0.1, 0.15) is 41.6 Å². The minimum Gasteiger partial charge on any atom is -0.339 e. The highest BCUT2D eigenvalue weighted by Crippen LogP contribution is 2.58. The summed E-state index contributed by atoms with van der Waals surface area (Å²) in [6.45, 7) is 3.14. The molecule has 0 radical (unpaired) electrons. The van der Waals surface area contributed by atoms with E-state index in [2.05, 4.69) is 20.3 Å². The van der Waals surface area contributed by atoms with Crippen molar-refractivity contribution in [1.29, 1.82) is 0 Å². The molecule has 2 saturated heterocycles. The minimum atomic E-state index is -5.17. The predicted molar refractivity (Wildman–Crippen MR) is 174 cm³/mol. The van der Waals surface area contributed by atoms with Crippen LogP contribution < -0.4 is 5.32 Å². The van der Waals surface area contributed by atoms with Crippen LogP contribution >= 0.6 is 7.82 Å². The maximum Gasteiger partial charge on any atom is 0.477 e. The fraction of sp³-hybridized carbons (Fsp3) is 0.294. The molecular formula is C34H33FN5O8P. The molecule has 4 heterocycles. The smallest absolute Gasteiger partial charge is 0.339 e. The predicted octanol–water partition coefficient (Wildman–Crippen LogP) is 5.74. The zero-order valence-corrected chi connectivity index (χ0v) is 27.4. The number of rotatable bonds is 11. The maximum atomic E-state index is 16.9. The third-order valence-electron chi connectivity index (χ3n) is 8.07. The molecular weight excluding hydrogens is 656 g/mol. The molecule has 5 atom stereocenters. The fourth-order valence-electron chi connectivity index (χ4n) is 6.02. The minimum absolute atomic E-state index is 0.106. The molecule has 1 unspecified atom stereocenters. The van der Waals surface area contributed by atoms with Crippen LogP contribution in [-0.4, -0.2) is 60.5 Å². The Hall–Kier alpha value is -4.40. The summed E-state index contributed by atoms with van der Waals surface area (Å²) in [6, 6.07) is 23.8. The van der Waals surface area contributed by atoms with Crippen LogP contribution in [0.2, 0.25) is 0 Å². The number of halogens is 1. The number of phosphoric acid groups is 1. The summed E-state index contributed by atoms with van der Waals surface area (Å²) in [5, 5.41) is 2.72. The summed E-state index contributed by atoms with van der Waals surface area (Å²) in [7, 11) is -5.17. The van der Waals surface area contributed by atoms with E-state index in [1.807, 2.05) is 60.7 Å². The number of aromatic nitrogens is 4. The number of hydrogen-bond acceptors (Lipinski definition) is 10. The molecule has 5 aromatic rings. The second-order valence-electron chi connectivity index (χ2n) is 12.1. The summed E-state index contributed by atoms with van der Waals surface area (Å²) in [4.78, 5) is 36.7. The Bertz CT molecular complexity index is 1940. The number of anilines is 1. The molecule has 0 bridgehead atoms. The third kappa shape index (κ3) is 7.17. The van der Waals surface area contributed by atoms with Crippen LogP contribution in [0.4, 0.5) is 10.2 Å². The van der Waals surface area contributed by atoms with Gasteiger partial charge in [-0.05, 0) is 49.9 Å². The number of amides is 1. The Morgan fingerprint density at radius 3 is 2.18 bits per heavy atom. The highest BCUT2D eigenvalue weighted by Gasteiger charge is 2.68. The van der Waals surface area contributed by atoms with Gasteiger partial charge in [0.15, 0.2) is 35.1 Å². The van der Waals surface area contributed by atoms with Gasteiger partial charge in [0.1, 0.15) is 12.4 Å². The molecule has 1 amide bonds. The molecule has 2 N–H and O–H groups in total. The van der Waals surface area contributed by atoms with E-state index >= 15 is 4.39 Å². The Balaban J connectivity index is 1.15. The Labute approximate surface area is 280 Å². The number of benzene rings is 3. The van der Waals surface area contributed by atoms with E-state index in [1.54, 1.807) is 44.2 Å². The van der Waals surface area contributed by atoms with E-state index in [9.17, 15) is 14.3 Å². The lowest BCUT2D eigenvalue weighted by Crippen LogP contribution is -2.41. The zero-order valence-electron chi connectivity index (χ0n) is 26.5. The van der Waals surface area contributed by atoms with Crippen molar-refractivity contribution in [2.24, 2.45) is 0 Å². The lowest BCUT2D eigenvalue weighted by molar-refractivity contribution is -0.333. The van der Waals surface area contributed by atoms with E-state index in [0.717, 1.165) is 11.1 Å². The van der Waals surface area contributed by atoms with Gasteiger partial charge in [-0.2, -0.15) is 4.39 Å². The van der Waals surface area contributed by atoms with Crippen molar-refractivity contribution in [3.05, 3.63) is 120 Å². The van der Waals surface area contributed by atoms with Gasteiger partial charge in [0, 0.05) is 5.56 Å². The van der Waals surface area contributed by atoms with Crippen LogP contribution in [0.15, 0.2) is 104 Å². The Morgan fingerprint density at radius 1 is 0.939 bits per heavy atom. The molecule has 49 heavy (non-hydrogen) atoms. The lowest BCUT2D eigenvalue weighted by atomic mass is 10.0. The SMILES string of the molecule is CC1(C)O[C@H]2[C@H](n3cnc4c(NC(=O)c5ccccc5)ncnc43)O[C@](F)(OP(=O)(O)OC(Cc3ccccc3)Cc3ccccc3)[C@H]2O1. The second-order valence-corrected chi connectivity index (χ2v) is 13.5. The van der Waals surface area contributed by atoms with Gasteiger partial charge in [-0.15, -0.1) is 0 Å². The number of nitrogens with one attached hydrogen (secondary N) is 1. The molecule has 2 aromatic heterocycles. The average Bonchev–Trinajstić information content (AvgIpc) is 3.72. The van der Waals surface area contributed by atoms with Crippen molar-refractivity contribution in [2.45, 2.75) is 63.1 Å². The number of alkyl halides is 1. The summed E-state index contributed by atoms with van der Waals surface area (Å²) >= 11 is 0. The van der Waals surface area contributed by atoms with Gasteiger partial charge >= 0.3 is 13.9 Å². The first-order valence-corrected chi connectivity index (χ1v) is 17.0. The highest BCUT2D eigenvalue weighted by atomic mass is 31.2. The quantitative estimate of drug-likeness (QED) is 0.163. The van der Waals surface area contributed by atoms with Crippen molar-refractivity contribution in [3.8, 4) is 0 Å². The second kappa shape index (κ2) is 13.1. The van der Waals surface area contributed by atoms with E-state index in [0.29, 0.717) is 5.56 Å². The molecule has 15 heteroatoms. The monoisotopic (exact) mass is 689 g/mol. The average molecular weight is 690 g/mol. The largest absolute Gasteiger partial charge is 0.477 e. The van der Waals surface area contributed by atoms with Gasteiger partial charge in [-0.1, -0.05) is 78.9 Å². The van der Waals surface area contributed by atoms with Gasteiger partial charge in [0.25, 0.3) is 5.91 Å². The Kier molecular flexibility index (Phi) is 8.88. The number of ether oxygens (including phenoxy) is 3. The normalized spacial score (nSPS) is 24.1. The van der Waals surface area contributed by atoms with E-state index in [1.165, 1.54) is 17.2 Å². The molecule has 2 aliphatic rings. The number of hydrogen-bond donors (Lipinski definition) is 2. The molecule has 0 spiro atoms. The molecule has 2 fully saturated rings. The van der Waals surface area contributed by atoms with E-state index < -0.39 is 50.1 Å². The first-order chi connectivity index (χ1) is 23.5. The lowest BCUT2D eigenvalue weighted by Gasteiger charge is -2.30. The van der Waals surface area contributed by atoms with Crippen LogP contribution in [-0.2, 0) is 40.7 Å². The molecule has 0 aliphatic carbocycles. The standard InChI is InChI=1S/C34H33FN5O8P/c1-33(2)44-27-28(45-33)34(35,48-49(42,43)47-25(18-22-12-6-3-7-13-22)19-23-14-8-4-9-15-23)46-32(27)40-21-38-26-29(36-20-37-30(26)40)39-31(41)24-16-10-5-11-17-24/h3-17,20-21,25,27-28,32H,18-19H2,1-2H3,(H,42,43)(H,36,37,39,41)/t27-,28+,32-,34+/m1/s1. The van der Waals surface area contributed by atoms with Crippen molar-refractivity contribution in [3.63, 3.8) is 0 Å². The number of carbonyl (C=O) groups excluding carboxylic acids is 1. The number of nitrogens with zero attached hydrogens (tertiary/aromatic N) is 4. The van der Waals surface area contributed by atoms with Gasteiger partial charge in [0.2, 0.25) is 0 Å². The summed E-state index contributed by atoms with van der Waals surface area (Å²) in [5.74, 6) is -1.63. The first kappa shape index (κ1) is 33.1. The molecule has 3 aromatic carbocycles. The third-order valence-corrected chi connectivity index (χ3v) is 9.11. The summed E-state index contributed by atoms with van der Waals surface area (Å²) in [6.07, 6.45) is -1.99. The zero-order chi connectivity index (χ0) is 34.2. The van der Waals surface area contributed by atoms with E-state index in [-0.39, 0.29) is 29.8 Å². The van der Waals surface area contributed by atoms with Crippen LogP contribution in [0.5, 0.6) is 0 Å². The van der Waals surface area contributed by atoms with Crippen molar-refractivity contribution < 1.29 is 41.9 Å². The van der Waals surface area contributed by atoms with E-state index in [4.69, 9.17) is 23.3 Å². The number of imidazole rings is 1. The van der Waals surface area contributed by atoms with Gasteiger partial charge < -0.3 is 19.7 Å². The van der Waals surface area contributed by atoms with Gasteiger partial charge in [0.05, 0.1) is 12.4 Å². The summed E-state index contributed by atoms with van der Waals surface area (Å²) < 4.78 is 60.3. The van der Waals surface area contributed by atoms with Crippen molar-refractivity contribution >= 4 is 30.7 Å². The fourth-order valence-corrected chi connectivity index (χ4v) is 7.05. The molecule has 2 aliphatic heterocycles. The van der Waals surface area contributed by atoms with Crippen molar-refractivity contribution in [2.75, 3.05) is 5.32 Å². The summed E-state index contributed by atoms with van der Waals surface area (Å²) in [5.41, 5.74) is 2.44. The van der Waals surface area contributed by atoms with Gasteiger partial charge in [-0.25, -0.2) is 24.0 Å². The molecule has 0 saturated carbocycles. The maximum absolute atomic E-state index is 16.9. The molecule has 7 rings (SSSR count). The number of fused-ring (bicyclic) bond motifs is 2. The van der Waals surface area contributed by atoms with Crippen LogP contribution in [0.3, 0.4) is 0 Å². The highest BCUT2D eigenvalue weighted by molar-refractivity contribution is 7.47. The van der Waals surface area contributed by atoms with Crippen LogP contribution in [0.25, 0.3) is 11.2 Å². The topological polar surface area (TPSA) is 156 Å². The van der Waals surface area contributed by atoms with Crippen molar-refractivity contribution in [1.82, 2.24) is 19.5 Å².